The summed E-state index contributed by atoms with van der Waals surface area (Å²) in [6.45, 7) is 2.56. The Morgan fingerprint density at radius 3 is 3.18 bits per heavy atom. The Kier molecular flexibility index (Phi) is 2.33. The molecule has 3 rings (SSSR count). The molecule has 4 nitrogen and oxygen atoms in total. The minimum Gasteiger partial charge on any atom is -0.344 e. The standard InChI is InChI=1S/C12H11N3OS/c1-8-4-11(16)10-5-13-15(12(10)14-8)6-9-2-3-17-7-9/h2-5,7H,6H2,1H3,(H,14,16). The van der Waals surface area contributed by atoms with Gasteiger partial charge >= 0.3 is 0 Å². The van der Waals surface area contributed by atoms with Crippen LogP contribution in [0.15, 0.2) is 33.9 Å². The molecule has 3 heterocycles. The van der Waals surface area contributed by atoms with Gasteiger partial charge in [-0.25, -0.2) is 4.68 Å². The van der Waals surface area contributed by atoms with Gasteiger partial charge in [0.15, 0.2) is 5.43 Å². The van der Waals surface area contributed by atoms with Crippen LogP contribution in [-0.2, 0) is 6.54 Å². The van der Waals surface area contributed by atoms with Crippen molar-refractivity contribution in [1.82, 2.24) is 14.8 Å². The molecule has 3 aromatic heterocycles. The van der Waals surface area contributed by atoms with Gasteiger partial charge in [0, 0.05) is 11.8 Å². The van der Waals surface area contributed by atoms with E-state index in [4.69, 9.17) is 0 Å². The topological polar surface area (TPSA) is 50.7 Å². The maximum absolute atomic E-state index is 11.7. The third-order valence-electron chi connectivity index (χ3n) is 2.68. The van der Waals surface area contributed by atoms with Crippen molar-refractivity contribution < 1.29 is 0 Å². The highest BCUT2D eigenvalue weighted by Crippen LogP contribution is 2.12. The molecule has 86 valence electrons. The highest BCUT2D eigenvalue weighted by molar-refractivity contribution is 7.07. The van der Waals surface area contributed by atoms with Gasteiger partial charge in [0.1, 0.15) is 5.65 Å². The van der Waals surface area contributed by atoms with Crippen molar-refractivity contribution in [3.05, 3.63) is 50.6 Å². The van der Waals surface area contributed by atoms with E-state index in [0.29, 0.717) is 11.9 Å². The Morgan fingerprint density at radius 2 is 2.41 bits per heavy atom. The van der Waals surface area contributed by atoms with E-state index in [0.717, 1.165) is 11.3 Å². The predicted octanol–water partition coefficient (Wildman–Crippen LogP) is 2.14. The molecule has 0 unspecified atom stereocenters. The maximum atomic E-state index is 11.7. The van der Waals surface area contributed by atoms with Crippen LogP contribution in [0, 0.1) is 6.92 Å². The lowest BCUT2D eigenvalue weighted by Gasteiger charge is -2.02. The minimum absolute atomic E-state index is 0.0211. The molecule has 0 spiro atoms. The van der Waals surface area contributed by atoms with E-state index in [-0.39, 0.29) is 5.43 Å². The summed E-state index contributed by atoms with van der Waals surface area (Å²) in [4.78, 5) is 14.9. The van der Waals surface area contributed by atoms with Crippen LogP contribution in [0.25, 0.3) is 11.0 Å². The van der Waals surface area contributed by atoms with Crippen molar-refractivity contribution in [3.63, 3.8) is 0 Å². The predicted molar refractivity (Wildman–Crippen MR) is 68.5 cm³/mol. The van der Waals surface area contributed by atoms with Gasteiger partial charge in [0.25, 0.3) is 0 Å². The lowest BCUT2D eigenvalue weighted by atomic mass is 10.3. The molecule has 0 bridgehead atoms. The van der Waals surface area contributed by atoms with Crippen molar-refractivity contribution in [2.24, 2.45) is 0 Å². The number of hydrogen-bond donors (Lipinski definition) is 1. The van der Waals surface area contributed by atoms with Gasteiger partial charge in [0.05, 0.1) is 18.1 Å². The largest absolute Gasteiger partial charge is 0.344 e. The number of thiophene rings is 1. The summed E-state index contributed by atoms with van der Waals surface area (Å²) < 4.78 is 1.83. The Labute approximate surface area is 102 Å². The minimum atomic E-state index is 0.0211. The Balaban J connectivity index is 2.15. The first kappa shape index (κ1) is 10.3. The molecule has 0 aliphatic heterocycles. The number of aryl methyl sites for hydroxylation is 1. The molecule has 0 saturated heterocycles. The monoisotopic (exact) mass is 245 g/mol. The van der Waals surface area contributed by atoms with Gasteiger partial charge in [-0.15, -0.1) is 0 Å². The zero-order valence-corrected chi connectivity index (χ0v) is 10.1. The molecular weight excluding hydrogens is 234 g/mol. The van der Waals surface area contributed by atoms with E-state index >= 15 is 0 Å². The van der Waals surface area contributed by atoms with Crippen molar-refractivity contribution in [2.45, 2.75) is 13.5 Å². The zero-order chi connectivity index (χ0) is 11.8. The van der Waals surface area contributed by atoms with Gasteiger partial charge in [-0.2, -0.15) is 16.4 Å². The lowest BCUT2D eigenvalue weighted by molar-refractivity contribution is 0.705. The van der Waals surface area contributed by atoms with Crippen LogP contribution in [0.1, 0.15) is 11.3 Å². The Morgan fingerprint density at radius 1 is 1.53 bits per heavy atom. The molecule has 0 saturated carbocycles. The average molecular weight is 245 g/mol. The number of hydrogen-bond acceptors (Lipinski definition) is 3. The maximum Gasteiger partial charge on any atom is 0.192 e. The molecule has 0 aliphatic carbocycles. The number of aromatic nitrogens is 3. The summed E-state index contributed by atoms with van der Waals surface area (Å²) in [7, 11) is 0. The molecule has 0 aliphatic rings. The van der Waals surface area contributed by atoms with Gasteiger partial charge < -0.3 is 4.98 Å². The molecule has 0 atom stereocenters. The number of rotatable bonds is 2. The molecule has 0 amide bonds. The fourth-order valence-electron chi connectivity index (χ4n) is 1.87. The number of fused-ring (bicyclic) bond motifs is 1. The van der Waals surface area contributed by atoms with Crippen LogP contribution in [0.2, 0.25) is 0 Å². The van der Waals surface area contributed by atoms with Crippen LogP contribution in [0.3, 0.4) is 0 Å². The fourth-order valence-corrected chi connectivity index (χ4v) is 2.53. The van der Waals surface area contributed by atoms with Crippen LogP contribution in [0.4, 0.5) is 0 Å². The molecule has 1 N–H and O–H groups in total. The molecule has 17 heavy (non-hydrogen) atoms. The molecule has 3 aromatic rings. The summed E-state index contributed by atoms with van der Waals surface area (Å²) in [5, 5.41) is 9.03. The first-order valence-corrected chi connectivity index (χ1v) is 6.25. The Hall–Kier alpha value is -1.88. The zero-order valence-electron chi connectivity index (χ0n) is 9.30. The van der Waals surface area contributed by atoms with E-state index in [2.05, 4.69) is 21.5 Å². The third kappa shape index (κ3) is 1.78. The SMILES string of the molecule is Cc1cc(=O)c2cnn(Cc3ccsc3)c2[nH]1. The molecule has 0 aromatic carbocycles. The first-order valence-electron chi connectivity index (χ1n) is 5.30. The van der Waals surface area contributed by atoms with Gasteiger partial charge in [0.2, 0.25) is 0 Å². The van der Waals surface area contributed by atoms with Gasteiger partial charge in [-0.3, -0.25) is 4.79 Å². The Bertz CT molecular complexity index is 709. The van der Waals surface area contributed by atoms with E-state index in [1.165, 1.54) is 5.56 Å². The fraction of sp³-hybridized carbons (Fsp3) is 0.167. The summed E-state index contributed by atoms with van der Waals surface area (Å²) in [5.41, 5.74) is 2.87. The van der Waals surface area contributed by atoms with Crippen LogP contribution in [-0.4, -0.2) is 14.8 Å². The third-order valence-corrected chi connectivity index (χ3v) is 3.41. The van der Waals surface area contributed by atoms with Crippen LogP contribution < -0.4 is 5.43 Å². The van der Waals surface area contributed by atoms with E-state index < -0.39 is 0 Å². The summed E-state index contributed by atoms with van der Waals surface area (Å²) in [6, 6.07) is 3.66. The van der Waals surface area contributed by atoms with E-state index in [1.807, 2.05) is 17.0 Å². The second-order valence-electron chi connectivity index (χ2n) is 4.01. The van der Waals surface area contributed by atoms with E-state index in [9.17, 15) is 4.79 Å². The van der Waals surface area contributed by atoms with Crippen molar-refractivity contribution in [1.29, 1.82) is 0 Å². The highest BCUT2D eigenvalue weighted by Gasteiger charge is 2.07. The van der Waals surface area contributed by atoms with Gasteiger partial charge in [-0.1, -0.05) is 0 Å². The van der Waals surface area contributed by atoms with Gasteiger partial charge in [-0.05, 0) is 29.3 Å². The quantitative estimate of drug-likeness (QED) is 0.752. The highest BCUT2D eigenvalue weighted by atomic mass is 32.1. The summed E-state index contributed by atoms with van der Waals surface area (Å²) >= 11 is 1.66. The second kappa shape index (κ2) is 3.85. The van der Waals surface area contributed by atoms with Crippen molar-refractivity contribution in [3.8, 4) is 0 Å². The number of pyridine rings is 1. The number of aromatic amines is 1. The number of nitrogens with one attached hydrogen (secondary N) is 1. The van der Waals surface area contributed by atoms with Crippen molar-refractivity contribution >= 4 is 22.4 Å². The lowest BCUT2D eigenvalue weighted by Crippen LogP contribution is -2.06. The van der Waals surface area contributed by atoms with E-state index in [1.54, 1.807) is 23.6 Å². The van der Waals surface area contributed by atoms with Crippen LogP contribution in [0.5, 0.6) is 0 Å². The second-order valence-corrected chi connectivity index (χ2v) is 4.79. The normalized spacial score (nSPS) is 11.1. The smallest absolute Gasteiger partial charge is 0.192 e. The molecular formula is C12H11N3OS. The average Bonchev–Trinajstić information content (AvgIpc) is 2.89. The molecule has 0 fully saturated rings. The van der Waals surface area contributed by atoms with Crippen molar-refractivity contribution in [2.75, 3.05) is 0 Å². The molecule has 5 heteroatoms. The van der Waals surface area contributed by atoms with Crippen LogP contribution >= 0.6 is 11.3 Å². The number of nitrogens with zero attached hydrogens (tertiary/aromatic N) is 2. The summed E-state index contributed by atoms with van der Waals surface area (Å²) in [6.07, 6.45) is 1.62. The molecule has 0 radical (unpaired) electrons. The number of H-pyrrole nitrogens is 1. The summed E-state index contributed by atoms with van der Waals surface area (Å²) in [5.74, 6) is 0. The first-order chi connectivity index (χ1) is 8.24.